The quantitative estimate of drug-likeness (QED) is 0.915. The Kier molecular flexibility index (Phi) is 3.84. The maximum Gasteiger partial charge on any atom is 0.263 e. The van der Waals surface area contributed by atoms with Crippen molar-refractivity contribution in [1.82, 2.24) is 10.2 Å². The molecule has 0 aliphatic heterocycles. The Hall–Kier alpha value is -1.82. The summed E-state index contributed by atoms with van der Waals surface area (Å²) in [6.45, 7) is 9.84. The van der Waals surface area contributed by atoms with Crippen LogP contribution in [0.4, 0.5) is 5.82 Å². The number of aromatic nitrogens is 2. The van der Waals surface area contributed by atoms with Crippen LogP contribution >= 0.6 is 0 Å². The topological polar surface area (TPSA) is 74.8 Å². The molecule has 0 aliphatic rings. The number of H-pyrrole nitrogens is 1. The minimum atomic E-state index is -3.62. The zero-order chi connectivity index (χ0) is 15.8. The van der Waals surface area contributed by atoms with E-state index in [4.69, 9.17) is 0 Å². The Morgan fingerprint density at radius 1 is 1.05 bits per heavy atom. The summed E-state index contributed by atoms with van der Waals surface area (Å²) >= 11 is 0. The molecule has 1 heterocycles. The van der Waals surface area contributed by atoms with Crippen LogP contribution in [0.1, 0.15) is 37.6 Å². The predicted octanol–water partition coefficient (Wildman–Crippen LogP) is 3.12. The second kappa shape index (κ2) is 5.18. The zero-order valence-electron chi connectivity index (χ0n) is 13.0. The van der Waals surface area contributed by atoms with Crippen LogP contribution < -0.4 is 4.72 Å². The first-order valence-corrected chi connectivity index (χ1v) is 8.23. The molecule has 5 nitrogen and oxygen atoms in total. The number of nitrogens with one attached hydrogen (secondary N) is 2. The zero-order valence-corrected chi connectivity index (χ0v) is 13.8. The SMILES string of the molecule is Cc1cc(C)cc(S(=O)(=O)Nc2cc(C(C)(C)C)[nH]n2)c1. The van der Waals surface area contributed by atoms with Crippen LogP contribution in [0.25, 0.3) is 0 Å². The van der Waals surface area contributed by atoms with Crippen LogP contribution in [0.15, 0.2) is 29.2 Å². The minimum absolute atomic E-state index is 0.114. The number of aromatic amines is 1. The monoisotopic (exact) mass is 307 g/mol. The van der Waals surface area contributed by atoms with Gasteiger partial charge in [-0.3, -0.25) is 9.82 Å². The molecule has 0 aliphatic carbocycles. The van der Waals surface area contributed by atoms with E-state index in [1.54, 1.807) is 18.2 Å². The van der Waals surface area contributed by atoms with Crippen LogP contribution in [0.5, 0.6) is 0 Å². The van der Waals surface area contributed by atoms with Crippen LogP contribution in [0.2, 0.25) is 0 Å². The molecule has 0 radical (unpaired) electrons. The summed E-state index contributed by atoms with van der Waals surface area (Å²) in [7, 11) is -3.62. The molecule has 0 bridgehead atoms. The second-order valence-corrected chi connectivity index (χ2v) is 8.03. The number of benzene rings is 1. The third kappa shape index (κ3) is 3.64. The van der Waals surface area contributed by atoms with Crippen LogP contribution in [0.3, 0.4) is 0 Å². The van der Waals surface area contributed by atoms with E-state index in [1.807, 2.05) is 40.7 Å². The van der Waals surface area contributed by atoms with E-state index >= 15 is 0 Å². The Morgan fingerprint density at radius 2 is 1.62 bits per heavy atom. The third-order valence-electron chi connectivity index (χ3n) is 3.13. The van der Waals surface area contributed by atoms with Gasteiger partial charge in [-0.1, -0.05) is 26.8 Å². The van der Waals surface area contributed by atoms with Gasteiger partial charge in [0.15, 0.2) is 5.82 Å². The molecule has 21 heavy (non-hydrogen) atoms. The number of anilines is 1. The normalized spacial score (nSPS) is 12.4. The second-order valence-electron chi connectivity index (χ2n) is 6.35. The maximum atomic E-state index is 12.4. The third-order valence-corrected chi connectivity index (χ3v) is 4.46. The number of hydrogen-bond acceptors (Lipinski definition) is 3. The highest BCUT2D eigenvalue weighted by atomic mass is 32.2. The lowest BCUT2D eigenvalue weighted by Gasteiger charge is -2.14. The number of rotatable bonds is 3. The molecule has 6 heteroatoms. The van der Waals surface area contributed by atoms with Gasteiger partial charge in [0.1, 0.15) is 0 Å². The number of hydrogen-bond donors (Lipinski definition) is 2. The molecule has 0 amide bonds. The number of nitrogens with zero attached hydrogens (tertiary/aromatic N) is 1. The molecule has 0 saturated heterocycles. The molecule has 2 N–H and O–H groups in total. The molecule has 1 aromatic carbocycles. The Labute approximate surface area is 125 Å². The van der Waals surface area contributed by atoms with Gasteiger partial charge in [0.05, 0.1) is 4.90 Å². The first-order valence-electron chi connectivity index (χ1n) is 6.75. The van der Waals surface area contributed by atoms with Gasteiger partial charge in [-0.15, -0.1) is 0 Å². The molecular formula is C15H21N3O2S. The van der Waals surface area contributed by atoms with Crippen LogP contribution in [0, 0.1) is 13.8 Å². The van der Waals surface area contributed by atoms with Crippen molar-refractivity contribution in [1.29, 1.82) is 0 Å². The molecule has 114 valence electrons. The molecule has 0 fully saturated rings. The smallest absolute Gasteiger partial charge is 0.263 e. The summed E-state index contributed by atoms with van der Waals surface area (Å²) in [5.74, 6) is 0.305. The summed E-state index contributed by atoms with van der Waals surface area (Å²) in [6.07, 6.45) is 0. The highest BCUT2D eigenvalue weighted by Crippen LogP contribution is 2.23. The largest absolute Gasteiger partial charge is 0.280 e. The van der Waals surface area contributed by atoms with Gasteiger partial charge in [0.25, 0.3) is 10.0 Å². The summed E-state index contributed by atoms with van der Waals surface area (Å²) < 4.78 is 27.3. The number of aryl methyl sites for hydroxylation is 2. The minimum Gasteiger partial charge on any atom is -0.280 e. The lowest BCUT2D eigenvalue weighted by atomic mass is 9.92. The van der Waals surface area contributed by atoms with Crippen molar-refractivity contribution in [3.05, 3.63) is 41.1 Å². The van der Waals surface area contributed by atoms with Gasteiger partial charge < -0.3 is 0 Å². The van der Waals surface area contributed by atoms with E-state index in [2.05, 4.69) is 14.9 Å². The lowest BCUT2D eigenvalue weighted by Crippen LogP contribution is -2.14. The van der Waals surface area contributed by atoms with Gasteiger partial charge >= 0.3 is 0 Å². The first-order chi connectivity index (χ1) is 9.58. The van der Waals surface area contributed by atoms with Crippen LogP contribution in [-0.2, 0) is 15.4 Å². The fourth-order valence-electron chi connectivity index (χ4n) is 2.04. The Morgan fingerprint density at radius 3 is 2.10 bits per heavy atom. The van der Waals surface area contributed by atoms with Gasteiger partial charge in [-0.05, 0) is 37.1 Å². The van der Waals surface area contributed by atoms with Gasteiger partial charge in [0.2, 0.25) is 0 Å². The summed E-state index contributed by atoms with van der Waals surface area (Å²) in [4.78, 5) is 0.250. The molecule has 0 unspecified atom stereocenters. The van der Waals surface area contributed by atoms with Crippen molar-refractivity contribution in [3.63, 3.8) is 0 Å². The summed E-state index contributed by atoms with van der Waals surface area (Å²) in [5, 5.41) is 6.89. The lowest BCUT2D eigenvalue weighted by molar-refractivity contribution is 0.567. The Balaban J connectivity index is 2.31. The molecule has 0 atom stereocenters. The molecule has 2 rings (SSSR count). The predicted molar refractivity (Wildman–Crippen MR) is 84.0 cm³/mol. The number of sulfonamides is 1. The van der Waals surface area contributed by atoms with E-state index < -0.39 is 10.0 Å². The highest BCUT2D eigenvalue weighted by molar-refractivity contribution is 7.92. The van der Waals surface area contributed by atoms with Crippen molar-refractivity contribution in [2.24, 2.45) is 0 Å². The molecule has 0 spiro atoms. The Bertz CT molecular complexity index is 735. The summed E-state index contributed by atoms with van der Waals surface area (Å²) in [6, 6.07) is 6.95. The van der Waals surface area contributed by atoms with E-state index in [9.17, 15) is 8.42 Å². The van der Waals surface area contributed by atoms with E-state index in [-0.39, 0.29) is 10.3 Å². The van der Waals surface area contributed by atoms with Gasteiger partial charge in [-0.2, -0.15) is 5.10 Å². The average Bonchev–Trinajstić information content (AvgIpc) is 2.75. The van der Waals surface area contributed by atoms with Crippen molar-refractivity contribution >= 4 is 15.8 Å². The van der Waals surface area contributed by atoms with E-state index in [0.29, 0.717) is 5.82 Å². The molecule has 1 aromatic heterocycles. The van der Waals surface area contributed by atoms with E-state index in [0.717, 1.165) is 16.8 Å². The fourth-order valence-corrected chi connectivity index (χ4v) is 3.22. The first kappa shape index (κ1) is 15.6. The average molecular weight is 307 g/mol. The van der Waals surface area contributed by atoms with Crippen molar-refractivity contribution < 1.29 is 8.42 Å². The van der Waals surface area contributed by atoms with Crippen molar-refractivity contribution in [3.8, 4) is 0 Å². The van der Waals surface area contributed by atoms with Gasteiger partial charge in [0, 0.05) is 17.2 Å². The fraction of sp³-hybridized carbons (Fsp3) is 0.400. The van der Waals surface area contributed by atoms with Crippen molar-refractivity contribution in [2.45, 2.75) is 44.9 Å². The standard InChI is InChI=1S/C15H21N3O2S/c1-10-6-11(2)8-12(7-10)21(19,20)18-14-9-13(16-17-14)15(3,4)5/h6-9H,1-5H3,(H2,16,17,18). The van der Waals surface area contributed by atoms with Crippen molar-refractivity contribution in [2.75, 3.05) is 4.72 Å². The molecular weight excluding hydrogens is 286 g/mol. The maximum absolute atomic E-state index is 12.4. The molecule has 2 aromatic rings. The van der Waals surface area contributed by atoms with Gasteiger partial charge in [-0.25, -0.2) is 8.42 Å². The van der Waals surface area contributed by atoms with Crippen LogP contribution in [-0.4, -0.2) is 18.6 Å². The van der Waals surface area contributed by atoms with E-state index in [1.165, 1.54) is 0 Å². The molecule has 0 saturated carbocycles. The summed E-state index contributed by atoms with van der Waals surface area (Å²) in [5.41, 5.74) is 2.58. The highest BCUT2D eigenvalue weighted by Gasteiger charge is 2.20.